The number of carbonyl (C=O) groups is 2. The van der Waals surface area contributed by atoms with Crippen LogP contribution in [0, 0.1) is 12.3 Å². The Bertz CT molecular complexity index is 1500. The molecule has 3 aromatic heterocycles. The van der Waals surface area contributed by atoms with Crippen LogP contribution >= 0.6 is 11.3 Å². The second-order valence-corrected chi connectivity index (χ2v) is 10.8. The maximum absolute atomic E-state index is 13.2. The van der Waals surface area contributed by atoms with Crippen molar-refractivity contribution in [2.24, 2.45) is 5.41 Å². The summed E-state index contributed by atoms with van der Waals surface area (Å²) in [6.45, 7) is 7.06. The van der Waals surface area contributed by atoms with Crippen LogP contribution in [0.15, 0.2) is 61.4 Å². The Morgan fingerprint density at radius 2 is 2.00 bits per heavy atom. The van der Waals surface area contributed by atoms with Crippen molar-refractivity contribution in [2.75, 3.05) is 18.4 Å². The minimum Gasteiger partial charge on any atom is -0.339 e. The number of carbonyl (C=O) groups excluding carboxylic acids is 2. The van der Waals surface area contributed by atoms with E-state index in [1.165, 1.54) is 17.4 Å². The Kier molecular flexibility index (Phi) is 5.44. The van der Waals surface area contributed by atoms with Crippen LogP contribution in [0.25, 0.3) is 21.6 Å². The minimum absolute atomic E-state index is 0.00307. The number of hydrogen-bond donors (Lipinski definition) is 1. The van der Waals surface area contributed by atoms with Gasteiger partial charge in [0.1, 0.15) is 0 Å². The van der Waals surface area contributed by atoms with E-state index in [0.29, 0.717) is 10.8 Å². The lowest BCUT2D eigenvalue weighted by molar-refractivity contribution is -0.125. The first kappa shape index (κ1) is 22.6. The molecule has 1 N–H and O–H groups in total. The van der Waals surface area contributed by atoms with Crippen LogP contribution in [0.5, 0.6) is 0 Å². The fraction of sp³-hybridized carbons (Fsp3) is 0.296. The molecule has 1 aromatic carbocycles. The number of hydrogen-bond acceptors (Lipinski definition) is 6. The van der Waals surface area contributed by atoms with E-state index in [0.717, 1.165) is 59.7 Å². The van der Waals surface area contributed by atoms with E-state index in [9.17, 15) is 9.59 Å². The van der Waals surface area contributed by atoms with Crippen molar-refractivity contribution < 1.29 is 9.59 Å². The highest BCUT2D eigenvalue weighted by molar-refractivity contribution is 7.17. The molecule has 1 aliphatic heterocycles. The van der Waals surface area contributed by atoms with Crippen LogP contribution in [0.2, 0.25) is 0 Å². The third-order valence-corrected chi connectivity index (χ3v) is 8.39. The van der Waals surface area contributed by atoms with Crippen molar-refractivity contribution in [1.29, 1.82) is 0 Å². The highest BCUT2D eigenvalue weighted by Crippen LogP contribution is 2.55. The van der Waals surface area contributed by atoms with Gasteiger partial charge in [-0.15, -0.1) is 11.3 Å². The number of aryl methyl sites for hydroxylation is 1. The van der Waals surface area contributed by atoms with Gasteiger partial charge in [-0.25, -0.2) is 9.97 Å². The molecule has 1 aliphatic carbocycles. The normalized spacial score (nSPS) is 21.0. The molecule has 36 heavy (non-hydrogen) atoms. The summed E-state index contributed by atoms with van der Waals surface area (Å²) in [5.74, 6) is 0.368. The number of anilines is 1. The molecule has 182 valence electrons. The van der Waals surface area contributed by atoms with Crippen LogP contribution in [-0.2, 0) is 4.79 Å². The average Bonchev–Trinajstić information content (AvgIpc) is 3.59. The summed E-state index contributed by atoms with van der Waals surface area (Å²) in [4.78, 5) is 42.2. The number of para-hydroxylation sites is 2. The Balaban J connectivity index is 1.24. The summed E-state index contributed by atoms with van der Waals surface area (Å²) in [6, 6.07) is 11.9. The number of rotatable bonds is 5. The SMILES string of the molecule is C=CC(=O)N1CCC2(CC(n3c(NC(=O)c4ccc(-c5cncc(C)n5)s4)nc4ccccc43)C2)C1. The van der Waals surface area contributed by atoms with Gasteiger partial charge >= 0.3 is 0 Å². The molecule has 2 fully saturated rings. The number of thiophene rings is 1. The van der Waals surface area contributed by atoms with Gasteiger partial charge in [0.2, 0.25) is 11.9 Å². The summed E-state index contributed by atoms with van der Waals surface area (Å²) in [5, 5.41) is 3.07. The van der Waals surface area contributed by atoms with Crippen molar-refractivity contribution in [3.8, 4) is 10.6 Å². The summed E-state index contributed by atoms with van der Waals surface area (Å²) in [6.07, 6.45) is 7.71. The molecule has 1 saturated heterocycles. The predicted molar refractivity (Wildman–Crippen MR) is 140 cm³/mol. The molecule has 8 nitrogen and oxygen atoms in total. The van der Waals surface area contributed by atoms with Gasteiger partial charge in [0, 0.05) is 25.3 Å². The van der Waals surface area contributed by atoms with E-state index < -0.39 is 0 Å². The van der Waals surface area contributed by atoms with E-state index in [1.807, 2.05) is 48.2 Å². The molecule has 0 unspecified atom stereocenters. The fourth-order valence-corrected chi connectivity index (χ4v) is 6.41. The van der Waals surface area contributed by atoms with Crippen LogP contribution in [-0.4, -0.2) is 49.3 Å². The predicted octanol–water partition coefficient (Wildman–Crippen LogP) is 4.86. The van der Waals surface area contributed by atoms with Crippen LogP contribution in [0.3, 0.4) is 0 Å². The van der Waals surface area contributed by atoms with Crippen molar-refractivity contribution in [1.82, 2.24) is 24.4 Å². The number of benzene rings is 1. The summed E-state index contributed by atoms with van der Waals surface area (Å²) < 4.78 is 2.16. The molecular formula is C27H26N6O2S. The van der Waals surface area contributed by atoms with Gasteiger partial charge in [-0.05, 0) is 61.9 Å². The molecule has 6 rings (SSSR count). The number of likely N-dealkylation sites (tertiary alicyclic amines) is 1. The summed E-state index contributed by atoms with van der Waals surface area (Å²) >= 11 is 1.39. The second kappa shape index (κ2) is 8.67. The third-order valence-electron chi connectivity index (χ3n) is 7.29. The van der Waals surface area contributed by atoms with E-state index >= 15 is 0 Å². The van der Waals surface area contributed by atoms with Gasteiger partial charge in [0.15, 0.2) is 0 Å². The maximum Gasteiger partial charge on any atom is 0.268 e. The monoisotopic (exact) mass is 498 g/mol. The molecule has 0 bridgehead atoms. The van der Waals surface area contributed by atoms with Gasteiger partial charge in [-0.1, -0.05) is 18.7 Å². The quantitative estimate of drug-likeness (QED) is 0.397. The highest BCUT2D eigenvalue weighted by atomic mass is 32.1. The summed E-state index contributed by atoms with van der Waals surface area (Å²) in [7, 11) is 0. The van der Waals surface area contributed by atoms with Crippen LogP contribution < -0.4 is 5.32 Å². The summed E-state index contributed by atoms with van der Waals surface area (Å²) in [5.41, 5.74) is 3.58. The lowest BCUT2D eigenvalue weighted by atomic mass is 9.65. The first-order valence-electron chi connectivity index (χ1n) is 12.0. The first-order chi connectivity index (χ1) is 17.4. The van der Waals surface area contributed by atoms with Crippen molar-refractivity contribution in [2.45, 2.75) is 32.2 Å². The Labute approximate surface area is 212 Å². The molecule has 2 aliphatic rings. The Morgan fingerprint density at radius 1 is 1.17 bits per heavy atom. The number of amides is 2. The topological polar surface area (TPSA) is 93.0 Å². The zero-order chi connectivity index (χ0) is 24.9. The van der Waals surface area contributed by atoms with Gasteiger partial charge in [0.25, 0.3) is 5.91 Å². The lowest BCUT2D eigenvalue weighted by Gasteiger charge is -2.46. The van der Waals surface area contributed by atoms with Crippen molar-refractivity contribution >= 4 is 40.1 Å². The highest BCUT2D eigenvalue weighted by Gasteiger charge is 2.50. The van der Waals surface area contributed by atoms with E-state index in [-0.39, 0.29) is 23.3 Å². The van der Waals surface area contributed by atoms with E-state index in [4.69, 9.17) is 4.98 Å². The maximum atomic E-state index is 13.2. The molecular weight excluding hydrogens is 472 g/mol. The van der Waals surface area contributed by atoms with E-state index in [2.05, 4.69) is 26.4 Å². The third kappa shape index (κ3) is 3.89. The Hall–Kier alpha value is -3.85. The van der Waals surface area contributed by atoms with Crippen LogP contribution in [0.4, 0.5) is 5.95 Å². The minimum atomic E-state index is -0.193. The Morgan fingerprint density at radius 3 is 2.81 bits per heavy atom. The molecule has 1 spiro atoms. The standard InChI is InChI=1S/C27H26N6O2S/c1-3-24(34)32-11-10-27(16-32)12-18(13-27)33-21-7-5-4-6-19(21)30-26(33)31-25(35)23-9-8-22(36-23)20-15-28-14-17(2)29-20/h3-9,14-15,18H,1,10-13,16H2,2H3,(H,30,31,35). The first-order valence-corrected chi connectivity index (χ1v) is 12.8. The largest absolute Gasteiger partial charge is 0.339 e. The smallest absolute Gasteiger partial charge is 0.268 e. The fourth-order valence-electron chi connectivity index (χ4n) is 5.55. The number of nitrogens with one attached hydrogen (secondary N) is 1. The average molecular weight is 499 g/mol. The molecule has 2 amide bonds. The molecule has 9 heteroatoms. The van der Waals surface area contributed by atoms with Crippen LogP contribution in [0.1, 0.15) is 40.7 Å². The zero-order valence-electron chi connectivity index (χ0n) is 20.0. The molecule has 4 heterocycles. The molecule has 0 radical (unpaired) electrons. The number of nitrogens with zero attached hydrogens (tertiary/aromatic N) is 5. The molecule has 1 saturated carbocycles. The number of aromatic nitrogens is 4. The molecule has 0 atom stereocenters. The van der Waals surface area contributed by atoms with E-state index in [1.54, 1.807) is 12.4 Å². The number of imidazole rings is 1. The van der Waals surface area contributed by atoms with Crippen molar-refractivity contribution in [3.05, 3.63) is 72.0 Å². The second-order valence-electron chi connectivity index (χ2n) is 9.73. The number of fused-ring (bicyclic) bond motifs is 1. The van der Waals surface area contributed by atoms with Crippen molar-refractivity contribution in [3.63, 3.8) is 0 Å². The lowest BCUT2D eigenvalue weighted by Crippen LogP contribution is -2.42. The zero-order valence-corrected chi connectivity index (χ0v) is 20.8. The van der Waals surface area contributed by atoms with Gasteiger partial charge in [-0.3, -0.25) is 19.9 Å². The van der Waals surface area contributed by atoms with Gasteiger partial charge in [0.05, 0.1) is 38.4 Å². The van der Waals surface area contributed by atoms with Gasteiger partial charge in [-0.2, -0.15) is 0 Å². The van der Waals surface area contributed by atoms with Gasteiger partial charge < -0.3 is 9.47 Å². The molecule has 4 aromatic rings.